The second-order valence-electron chi connectivity index (χ2n) is 3.69. The molecule has 1 aliphatic rings. The minimum Gasteiger partial charge on any atom is -0.369 e. The largest absolute Gasteiger partial charge is 0.369 e. The van der Waals surface area contributed by atoms with E-state index < -0.39 is 0 Å². The minimum atomic E-state index is 0.293. The summed E-state index contributed by atoms with van der Waals surface area (Å²) in [7, 11) is 0. The van der Waals surface area contributed by atoms with Crippen molar-refractivity contribution in [2.75, 3.05) is 31.5 Å². The Hall–Kier alpha value is -0.870. The molecule has 2 heterocycles. The summed E-state index contributed by atoms with van der Waals surface area (Å²) in [5.41, 5.74) is 0. The Morgan fingerprint density at radius 2 is 2.20 bits per heavy atom. The molecule has 1 aromatic heterocycles. The van der Waals surface area contributed by atoms with Crippen molar-refractivity contribution in [3.05, 3.63) is 17.5 Å². The summed E-state index contributed by atoms with van der Waals surface area (Å²) in [5.74, 6) is 0.800. The molecule has 0 saturated carbocycles. The van der Waals surface area contributed by atoms with Crippen LogP contribution in [0.3, 0.4) is 0 Å². The van der Waals surface area contributed by atoms with Crippen LogP contribution in [0, 0.1) is 0 Å². The third kappa shape index (κ3) is 3.32. The topological polar surface area (TPSA) is 41.1 Å². The Kier molecular flexibility index (Phi) is 3.75. The first-order valence-corrected chi connectivity index (χ1v) is 5.67. The number of nitrogens with zero attached hydrogens (tertiary/aromatic N) is 3. The van der Waals surface area contributed by atoms with Gasteiger partial charge in [0.05, 0.1) is 0 Å². The van der Waals surface area contributed by atoms with Crippen LogP contribution in [-0.4, -0.2) is 41.0 Å². The third-order valence-corrected chi connectivity index (χ3v) is 2.74. The van der Waals surface area contributed by atoms with Gasteiger partial charge in [0.25, 0.3) is 0 Å². The van der Waals surface area contributed by atoms with Gasteiger partial charge in [0.15, 0.2) is 0 Å². The zero-order valence-electron chi connectivity index (χ0n) is 8.62. The predicted molar refractivity (Wildman–Crippen MR) is 61.2 cm³/mol. The maximum Gasteiger partial charge on any atom is 0.224 e. The zero-order chi connectivity index (χ0) is 10.5. The number of anilines is 1. The normalized spacial score (nSPS) is 16.9. The molecule has 1 N–H and O–H groups in total. The fourth-order valence-electron chi connectivity index (χ4n) is 1.78. The van der Waals surface area contributed by atoms with Gasteiger partial charge in [-0.3, -0.25) is 0 Å². The Balaban J connectivity index is 1.73. The minimum absolute atomic E-state index is 0.293. The van der Waals surface area contributed by atoms with Gasteiger partial charge >= 0.3 is 0 Å². The predicted octanol–water partition coefficient (Wildman–Crippen LogP) is 1.64. The molecular formula is C10H15ClN4. The average Bonchev–Trinajstić information content (AvgIpc) is 2.71. The second kappa shape index (κ2) is 5.28. The highest BCUT2D eigenvalue weighted by atomic mass is 35.5. The lowest BCUT2D eigenvalue weighted by atomic mass is 10.4. The van der Waals surface area contributed by atoms with E-state index in [-0.39, 0.29) is 0 Å². The molecule has 0 atom stereocenters. The molecule has 1 saturated heterocycles. The van der Waals surface area contributed by atoms with Crippen molar-refractivity contribution in [3.63, 3.8) is 0 Å². The van der Waals surface area contributed by atoms with Gasteiger partial charge in [0, 0.05) is 19.3 Å². The highest BCUT2D eigenvalue weighted by molar-refractivity contribution is 6.28. The smallest absolute Gasteiger partial charge is 0.224 e. The summed E-state index contributed by atoms with van der Waals surface area (Å²) in [5, 5.41) is 3.53. The molecule has 0 bridgehead atoms. The number of hydrogen-bond acceptors (Lipinski definition) is 4. The van der Waals surface area contributed by atoms with Crippen LogP contribution in [0.1, 0.15) is 12.8 Å². The molecule has 0 unspecified atom stereocenters. The Morgan fingerprint density at radius 1 is 1.40 bits per heavy atom. The van der Waals surface area contributed by atoms with E-state index in [1.165, 1.54) is 25.9 Å². The van der Waals surface area contributed by atoms with Crippen LogP contribution < -0.4 is 5.32 Å². The van der Waals surface area contributed by atoms with Crippen molar-refractivity contribution in [2.24, 2.45) is 0 Å². The van der Waals surface area contributed by atoms with Crippen molar-refractivity contribution >= 4 is 17.4 Å². The van der Waals surface area contributed by atoms with E-state index in [0.717, 1.165) is 18.9 Å². The van der Waals surface area contributed by atoms with Crippen molar-refractivity contribution < 1.29 is 0 Å². The molecule has 5 heteroatoms. The fourth-order valence-corrected chi connectivity index (χ4v) is 1.93. The van der Waals surface area contributed by atoms with E-state index in [0.29, 0.717) is 5.28 Å². The van der Waals surface area contributed by atoms with Crippen molar-refractivity contribution in [2.45, 2.75) is 12.8 Å². The molecule has 0 amide bonds. The van der Waals surface area contributed by atoms with Gasteiger partial charge in [-0.15, -0.1) is 0 Å². The summed E-state index contributed by atoms with van der Waals surface area (Å²) in [6, 6.07) is 1.83. The summed E-state index contributed by atoms with van der Waals surface area (Å²) < 4.78 is 0. The van der Waals surface area contributed by atoms with Gasteiger partial charge in [0.2, 0.25) is 5.28 Å². The van der Waals surface area contributed by atoms with Gasteiger partial charge in [-0.1, -0.05) is 0 Å². The van der Waals surface area contributed by atoms with Crippen molar-refractivity contribution in [1.29, 1.82) is 0 Å². The van der Waals surface area contributed by atoms with Gasteiger partial charge < -0.3 is 10.2 Å². The van der Waals surface area contributed by atoms with E-state index >= 15 is 0 Å². The summed E-state index contributed by atoms with van der Waals surface area (Å²) in [6.45, 7) is 4.44. The van der Waals surface area contributed by atoms with Crippen LogP contribution in [0.25, 0.3) is 0 Å². The molecule has 82 valence electrons. The van der Waals surface area contributed by atoms with Crippen molar-refractivity contribution in [3.8, 4) is 0 Å². The van der Waals surface area contributed by atoms with Crippen molar-refractivity contribution in [1.82, 2.24) is 14.9 Å². The zero-order valence-corrected chi connectivity index (χ0v) is 9.37. The molecule has 0 aromatic carbocycles. The Labute approximate surface area is 94.7 Å². The Bertz CT molecular complexity index is 312. The van der Waals surface area contributed by atoms with Crippen LogP contribution in [0.2, 0.25) is 5.28 Å². The number of nitrogens with one attached hydrogen (secondary N) is 1. The molecule has 0 spiro atoms. The van der Waals surface area contributed by atoms with E-state index in [1.54, 1.807) is 6.20 Å². The first kappa shape index (κ1) is 10.6. The number of aromatic nitrogens is 2. The molecule has 2 rings (SSSR count). The number of rotatable bonds is 4. The Morgan fingerprint density at radius 3 is 2.93 bits per heavy atom. The maximum absolute atomic E-state index is 5.68. The summed E-state index contributed by atoms with van der Waals surface area (Å²) >= 11 is 5.68. The summed E-state index contributed by atoms with van der Waals surface area (Å²) in [4.78, 5) is 10.3. The third-order valence-electron chi connectivity index (χ3n) is 2.56. The standard InChI is InChI=1S/C10H15ClN4/c11-10-13-4-3-9(14-10)12-5-8-15-6-1-2-7-15/h3-4H,1-2,5-8H2,(H,12,13,14). The van der Waals surface area contributed by atoms with Gasteiger partial charge in [-0.25, -0.2) is 9.97 Å². The molecule has 0 aliphatic carbocycles. The van der Waals surface area contributed by atoms with E-state index in [1.807, 2.05) is 6.07 Å². The fraction of sp³-hybridized carbons (Fsp3) is 0.600. The van der Waals surface area contributed by atoms with Crippen LogP contribution in [0.4, 0.5) is 5.82 Å². The first-order chi connectivity index (χ1) is 7.34. The average molecular weight is 227 g/mol. The van der Waals surface area contributed by atoms with Gasteiger partial charge in [0.1, 0.15) is 5.82 Å². The van der Waals surface area contributed by atoms with Crippen LogP contribution >= 0.6 is 11.6 Å². The SMILES string of the molecule is Clc1nccc(NCCN2CCCC2)n1. The molecular weight excluding hydrogens is 212 g/mol. The van der Waals surface area contributed by atoms with E-state index in [4.69, 9.17) is 11.6 Å². The molecule has 15 heavy (non-hydrogen) atoms. The molecule has 1 fully saturated rings. The van der Waals surface area contributed by atoms with E-state index in [2.05, 4.69) is 20.2 Å². The monoisotopic (exact) mass is 226 g/mol. The van der Waals surface area contributed by atoms with Crippen LogP contribution in [-0.2, 0) is 0 Å². The highest BCUT2D eigenvalue weighted by Gasteiger charge is 2.10. The quantitative estimate of drug-likeness (QED) is 0.793. The molecule has 1 aliphatic heterocycles. The number of hydrogen-bond donors (Lipinski definition) is 1. The lowest BCUT2D eigenvalue weighted by molar-refractivity contribution is 0.352. The maximum atomic E-state index is 5.68. The highest BCUT2D eigenvalue weighted by Crippen LogP contribution is 2.08. The molecule has 0 radical (unpaired) electrons. The van der Waals surface area contributed by atoms with Gasteiger partial charge in [-0.2, -0.15) is 0 Å². The van der Waals surface area contributed by atoms with Crippen LogP contribution in [0.5, 0.6) is 0 Å². The lowest BCUT2D eigenvalue weighted by Gasteiger charge is -2.14. The number of halogens is 1. The molecule has 4 nitrogen and oxygen atoms in total. The summed E-state index contributed by atoms with van der Waals surface area (Å²) in [6.07, 6.45) is 4.33. The molecule has 1 aromatic rings. The lowest BCUT2D eigenvalue weighted by Crippen LogP contribution is -2.26. The number of likely N-dealkylation sites (tertiary alicyclic amines) is 1. The second-order valence-corrected chi connectivity index (χ2v) is 4.02. The van der Waals surface area contributed by atoms with E-state index in [9.17, 15) is 0 Å². The first-order valence-electron chi connectivity index (χ1n) is 5.29. The van der Waals surface area contributed by atoms with Crippen LogP contribution in [0.15, 0.2) is 12.3 Å². The van der Waals surface area contributed by atoms with Gasteiger partial charge in [-0.05, 0) is 43.6 Å².